The summed E-state index contributed by atoms with van der Waals surface area (Å²) in [4.78, 5) is 0. The molecule has 4 rings (SSSR count). The lowest BCUT2D eigenvalue weighted by molar-refractivity contribution is -0.137. The normalized spacial score (nSPS) is 35.7. The van der Waals surface area contributed by atoms with E-state index in [1.54, 1.807) is 6.07 Å². The Hall–Kier alpha value is -1.25. The smallest absolute Gasteiger partial charge is 0.166 e. The molecule has 112 valence electrons. The summed E-state index contributed by atoms with van der Waals surface area (Å²) in [5, 5.41) is 0. The molecule has 3 aliphatic rings. The molecule has 0 saturated heterocycles. The van der Waals surface area contributed by atoms with Gasteiger partial charge in [-0.3, -0.25) is 0 Å². The molecule has 0 nitrogen and oxygen atoms in total. The van der Waals surface area contributed by atoms with Crippen molar-refractivity contribution in [3.05, 3.63) is 41.0 Å². The van der Waals surface area contributed by atoms with Crippen LogP contribution in [0.1, 0.15) is 56.2 Å². The quantitative estimate of drug-likeness (QED) is 0.586. The first-order chi connectivity index (χ1) is 9.72. The van der Waals surface area contributed by atoms with Gasteiger partial charge in [0.2, 0.25) is 0 Å². The van der Waals surface area contributed by atoms with Crippen LogP contribution < -0.4 is 0 Å². The molecule has 0 radical (unpaired) electrons. The van der Waals surface area contributed by atoms with Crippen LogP contribution in [0, 0.1) is 10.8 Å². The van der Waals surface area contributed by atoms with Gasteiger partial charge in [-0.2, -0.15) is 13.2 Å². The van der Waals surface area contributed by atoms with Crippen molar-refractivity contribution in [2.24, 2.45) is 10.8 Å². The van der Waals surface area contributed by atoms with E-state index in [9.17, 15) is 13.2 Å². The minimum Gasteiger partial charge on any atom is -0.166 e. The Balaban J connectivity index is 1.90. The van der Waals surface area contributed by atoms with Gasteiger partial charge in [0, 0.05) is 10.8 Å². The standard InChI is InChI=1S/C18H19F3/c1-15(2)7-3-8-16-11-17(15,16)9-6-12-4-5-13(10-14(12)16)18(19,20)21/h4-6,9-10H,3,7-8,11H2,1-2H3/t16-,17-/m0/s1. The molecule has 0 unspecified atom stereocenters. The number of halogens is 3. The Morgan fingerprint density at radius 1 is 1.10 bits per heavy atom. The molecule has 0 spiro atoms. The molecule has 0 N–H and O–H groups in total. The zero-order valence-corrected chi connectivity index (χ0v) is 12.3. The number of fused-ring (bicyclic) bond motifs is 1. The Labute approximate surface area is 123 Å². The van der Waals surface area contributed by atoms with Crippen molar-refractivity contribution in [3.63, 3.8) is 0 Å². The van der Waals surface area contributed by atoms with Crippen LogP contribution in [-0.2, 0) is 11.6 Å². The summed E-state index contributed by atoms with van der Waals surface area (Å²) in [6.07, 6.45) is 4.39. The van der Waals surface area contributed by atoms with Gasteiger partial charge < -0.3 is 0 Å². The van der Waals surface area contributed by atoms with E-state index < -0.39 is 11.7 Å². The van der Waals surface area contributed by atoms with Crippen molar-refractivity contribution >= 4 is 6.08 Å². The number of hydrogen-bond acceptors (Lipinski definition) is 0. The summed E-state index contributed by atoms with van der Waals surface area (Å²) in [6, 6.07) is 4.28. The van der Waals surface area contributed by atoms with Crippen LogP contribution >= 0.6 is 0 Å². The SMILES string of the molecule is CC1(C)CCC[C@@]23C[C@@]12C=Cc1ccc(C(F)(F)F)cc13. The van der Waals surface area contributed by atoms with Gasteiger partial charge in [-0.25, -0.2) is 0 Å². The average Bonchev–Trinajstić information content (AvgIpc) is 3.09. The lowest BCUT2D eigenvalue weighted by Gasteiger charge is -2.44. The third-order valence-corrected chi connectivity index (χ3v) is 6.37. The monoisotopic (exact) mass is 292 g/mol. The van der Waals surface area contributed by atoms with E-state index in [0.29, 0.717) is 0 Å². The molecule has 0 heterocycles. The van der Waals surface area contributed by atoms with E-state index in [2.05, 4.69) is 19.9 Å². The molecule has 0 amide bonds. The Kier molecular flexibility index (Phi) is 2.27. The number of allylic oxidation sites excluding steroid dienone is 1. The lowest BCUT2D eigenvalue weighted by Crippen LogP contribution is -2.37. The van der Waals surface area contributed by atoms with Gasteiger partial charge in [-0.15, -0.1) is 0 Å². The average molecular weight is 292 g/mol. The van der Waals surface area contributed by atoms with Crippen molar-refractivity contribution in [2.45, 2.75) is 51.1 Å². The summed E-state index contributed by atoms with van der Waals surface area (Å²) in [5.74, 6) is 0. The number of alkyl halides is 3. The molecule has 1 aromatic rings. The second kappa shape index (κ2) is 3.56. The van der Waals surface area contributed by atoms with Crippen molar-refractivity contribution < 1.29 is 13.2 Å². The molecule has 21 heavy (non-hydrogen) atoms. The van der Waals surface area contributed by atoms with E-state index in [4.69, 9.17) is 0 Å². The van der Waals surface area contributed by atoms with Gasteiger partial charge in [0.05, 0.1) is 5.56 Å². The van der Waals surface area contributed by atoms with Gasteiger partial charge in [0.25, 0.3) is 0 Å². The van der Waals surface area contributed by atoms with E-state index in [1.807, 2.05) is 6.08 Å². The first-order valence-corrected chi connectivity index (χ1v) is 7.63. The minimum absolute atomic E-state index is 0.0416. The van der Waals surface area contributed by atoms with E-state index in [-0.39, 0.29) is 16.2 Å². The van der Waals surface area contributed by atoms with Gasteiger partial charge >= 0.3 is 6.18 Å². The third-order valence-electron chi connectivity index (χ3n) is 6.37. The van der Waals surface area contributed by atoms with Crippen LogP contribution in [0.25, 0.3) is 6.08 Å². The fourth-order valence-electron chi connectivity index (χ4n) is 5.12. The highest BCUT2D eigenvalue weighted by atomic mass is 19.4. The summed E-state index contributed by atoms with van der Waals surface area (Å²) < 4.78 is 39.2. The zero-order valence-electron chi connectivity index (χ0n) is 12.3. The number of benzene rings is 1. The zero-order chi connectivity index (χ0) is 15.1. The molecule has 3 aliphatic carbocycles. The van der Waals surface area contributed by atoms with E-state index in [0.717, 1.165) is 36.8 Å². The molecule has 3 heteroatoms. The number of hydrogen-bond donors (Lipinski definition) is 0. The molecule has 0 aromatic heterocycles. The topological polar surface area (TPSA) is 0 Å². The largest absolute Gasteiger partial charge is 0.416 e. The van der Waals surface area contributed by atoms with Crippen molar-refractivity contribution in [2.75, 3.05) is 0 Å². The Morgan fingerprint density at radius 2 is 1.86 bits per heavy atom. The molecule has 0 aliphatic heterocycles. The fourth-order valence-corrected chi connectivity index (χ4v) is 5.12. The predicted molar refractivity (Wildman–Crippen MR) is 76.8 cm³/mol. The Morgan fingerprint density at radius 3 is 2.57 bits per heavy atom. The van der Waals surface area contributed by atoms with Gasteiger partial charge in [0.1, 0.15) is 0 Å². The maximum atomic E-state index is 13.1. The van der Waals surface area contributed by atoms with Gasteiger partial charge in [0.15, 0.2) is 0 Å². The van der Waals surface area contributed by atoms with Gasteiger partial charge in [-0.05, 0) is 47.9 Å². The first kappa shape index (κ1) is 13.4. The molecule has 2 saturated carbocycles. The molecular weight excluding hydrogens is 273 g/mol. The molecule has 0 bridgehead atoms. The highest BCUT2D eigenvalue weighted by Gasteiger charge is 2.74. The maximum Gasteiger partial charge on any atom is 0.416 e. The summed E-state index contributed by atoms with van der Waals surface area (Å²) in [7, 11) is 0. The molecular formula is C18H19F3. The highest BCUT2D eigenvalue weighted by Crippen LogP contribution is 2.80. The highest BCUT2D eigenvalue weighted by molar-refractivity contribution is 5.68. The van der Waals surface area contributed by atoms with Crippen LogP contribution in [0.5, 0.6) is 0 Å². The number of rotatable bonds is 0. The van der Waals surface area contributed by atoms with Gasteiger partial charge in [-0.1, -0.05) is 38.5 Å². The third kappa shape index (κ3) is 1.47. The minimum atomic E-state index is -4.26. The Bertz CT molecular complexity index is 653. The second-order valence-electron chi connectivity index (χ2n) is 7.60. The fraction of sp³-hybridized carbons (Fsp3) is 0.556. The molecule has 2 atom stereocenters. The summed E-state index contributed by atoms with van der Waals surface area (Å²) in [5.41, 5.74) is 1.63. The van der Waals surface area contributed by atoms with Crippen LogP contribution in [0.2, 0.25) is 0 Å². The predicted octanol–water partition coefficient (Wildman–Crippen LogP) is 5.57. The summed E-state index contributed by atoms with van der Waals surface area (Å²) >= 11 is 0. The van der Waals surface area contributed by atoms with Crippen LogP contribution in [0.15, 0.2) is 24.3 Å². The second-order valence-corrected chi connectivity index (χ2v) is 7.60. The van der Waals surface area contributed by atoms with Crippen LogP contribution in [-0.4, -0.2) is 0 Å². The van der Waals surface area contributed by atoms with Crippen molar-refractivity contribution in [1.82, 2.24) is 0 Å². The van der Waals surface area contributed by atoms with Crippen molar-refractivity contribution in [3.8, 4) is 0 Å². The summed E-state index contributed by atoms with van der Waals surface area (Å²) in [6.45, 7) is 4.55. The van der Waals surface area contributed by atoms with Crippen molar-refractivity contribution in [1.29, 1.82) is 0 Å². The van der Waals surface area contributed by atoms with Crippen LogP contribution in [0.3, 0.4) is 0 Å². The molecule has 2 fully saturated rings. The van der Waals surface area contributed by atoms with E-state index >= 15 is 0 Å². The molecule has 1 aromatic carbocycles. The first-order valence-electron chi connectivity index (χ1n) is 7.63. The van der Waals surface area contributed by atoms with Crippen LogP contribution in [0.4, 0.5) is 13.2 Å². The van der Waals surface area contributed by atoms with E-state index in [1.165, 1.54) is 12.1 Å². The maximum absolute atomic E-state index is 13.1. The lowest BCUT2D eigenvalue weighted by atomic mass is 9.59.